The van der Waals surface area contributed by atoms with E-state index in [1.54, 1.807) is 0 Å². The molecule has 0 spiro atoms. The fraction of sp³-hybridized carbons (Fsp3) is 0.250. The average Bonchev–Trinajstić information content (AvgIpc) is 3.06. The molecule has 0 aliphatic carbocycles. The summed E-state index contributed by atoms with van der Waals surface area (Å²) < 4.78 is 0. The van der Waals surface area contributed by atoms with E-state index in [1.165, 1.54) is 10.9 Å². The summed E-state index contributed by atoms with van der Waals surface area (Å²) in [6.07, 6.45) is 4.45. The predicted octanol–water partition coefficient (Wildman–Crippen LogP) is 3.89. The van der Waals surface area contributed by atoms with Gasteiger partial charge < -0.3 is 15.6 Å². The van der Waals surface area contributed by atoms with Crippen molar-refractivity contribution in [2.75, 3.05) is 18.4 Å². The number of piperidine rings is 1. The monoisotopic (exact) mass is 319 g/mol. The van der Waals surface area contributed by atoms with Crippen LogP contribution in [0.2, 0.25) is 0 Å². The van der Waals surface area contributed by atoms with Crippen molar-refractivity contribution >= 4 is 22.5 Å². The van der Waals surface area contributed by atoms with E-state index in [0.29, 0.717) is 11.5 Å². The molecule has 1 aromatic heterocycles. The Labute approximate surface area is 141 Å². The highest BCUT2D eigenvalue weighted by molar-refractivity contribution is 6.05. The Hall–Kier alpha value is -2.59. The van der Waals surface area contributed by atoms with Crippen LogP contribution < -0.4 is 10.6 Å². The molecule has 0 radical (unpaired) electrons. The van der Waals surface area contributed by atoms with Gasteiger partial charge >= 0.3 is 0 Å². The van der Waals surface area contributed by atoms with Crippen molar-refractivity contribution in [1.29, 1.82) is 0 Å². The Kier molecular flexibility index (Phi) is 4.05. The number of carbonyl (C=O) groups excluding carboxylic acids is 1. The van der Waals surface area contributed by atoms with Gasteiger partial charge in [-0.05, 0) is 67.7 Å². The van der Waals surface area contributed by atoms with Crippen molar-refractivity contribution < 1.29 is 4.79 Å². The van der Waals surface area contributed by atoms with Gasteiger partial charge in [0.2, 0.25) is 0 Å². The standard InChI is InChI=1S/C20H21N3O/c24-20(15-4-2-1-3-5-15)23-16-6-7-19-17(12-16)18(13-22-19)14-8-10-21-11-9-14/h1-7,12-14,21-22H,8-11H2,(H,23,24). The molecule has 0 unspecified atom stereocenters. The maximum absolute atomic E-state index is 12.3. The minimum Gasteiger partial charge on any atom is -0.361 e. The molecule has 1 amide bonds. The molecule has 1 fully saturated rings. The summed E-state index contributed by atoms with van der Waals surface area (Å²) in [6.45, 7) is 2.14. The van der Waals surface area contributed by atoms with Gasteiger partial charge in [0.15, 0.2) is 0 Å². The van der Waals surface area contributed by atoms with Gasteiger partial charge in [-0.25, -0.2) is 0 Å². The molecule has 0 saturated carbocycles. The Balaban J connectivity index is 1.61. The van der Waals surface area contributed by atoms with Crippen LogP contribution in [0.4, 0.5) is 5.69 Å². The van der Waals surface area contributed by atoms with Crippen molar-refractivity contribution in [2.24, 2.45) is 0 Å². The maximum atomic E-state index is 12.3. The van der Waals surface area contributed by atoms with Gasteiger partial charge in [-0.2, -0.15) is 0 Å². The second-order valence-corrected chi connectivity index (χ2v) is 6.35. The molecule has 1 saturated heterocycles. The summed E-state index contributed by atoms with van der Waals surface area (Å²) in [5.74, 6) is 0.508. The Bertz CT molecular complexity index is 848. The van der Waals surface area contributed by atoms with Gasteiger partial charge in [0.1, 0.15) is 0 Å². The molecular formula is C20H21N3O. The van der Waals surface area contributed by atoms with Crippen LogP contribution in [-0.4, -0.2) is 24.0 Å². The highest BCUT2D eigenvalue weighted by Crippen LogP contribution is 2.32. The molecular weight excluding hydrogens is 298 g/mol. The van der Waals surface area contributed by atoms with Crippen molar-refractivity contribution in [3.05, 3.63) is 65.9 Å². The molecule has 122 valence electrons. The minimum atomic E-state index is -0.0751. The number of fused-ring (bicyclic) bond motifs is 1. The molecule has 2 aromatic carbocycles. The van der Waals surface area contributed by atoms with Gasteiger partial charge in [0, 0.05) is 28.4 Å². The van der Waals surface area contributed by atoms with Gasteiger partial charge in [-0.1, -0.05) is 18.2 Å². The number of rotatable bonds is 3. The van der Waals surface area contributed by atoms with Crippen LogP contribution in [0.1, 0.15) is 34.7 Å². The van der Waals surface area contributed by atoms with E-state index >= 15 is 0 Å². The lowest BCUT2D eigenvalue weighted by atomic mass is 9.90. The van der Waals surface area contributed by atoms with Gasteiger partial charge in [-0.15, -0.1) is 0 Å². The van der Waals surface area contributed by atoms with E-state index in [9.17, 15) is 4.79 Å². The molecule has 2 heterocycles. The largest absolute Gasteiger partial charge is 0.361 e. The van der Waals surface area contributed by atoms with E-state index in [0.717, 1.165) is 37.1 Å². The first-order chi connectivity index (χ1) is 11.8. The highest BCUT2D eigenvalue weighted by Gasteiger charge is 2.18. The molecule has 4 heteroatoms. The summed E-state index contributed by atoms with van der Waals surface area (Å²) in [5, 5.41) is 7.63. The molecule has 4 nitrogen and oxygen atoms in total. The summed E-state index contributed by atoms with van der Waals surface area (Å²) in [5.41, 5.74) is 4.00. The first kappa shape index (κ1) is 15.0. The first-order valence-electron chi connectivity index (χ1n) is 8.49. The molecule has 1 aliphatic rings. The number of hydrogen-bond acceptors (Lipinski definition) is 2. The lowest BCUT2D eigenvalue weighted by Crippen LogP contribution is -2.26. The predicted molar refractivity (Wildman–Crippen MR) is 97.5 cm³/mol. The zero-order chi connectivity index (χ0) is 16.4. The van der Waals surface area contributed by atoms with Crippen LogP contribution in [-0.2, 0) is 0 Å². The Morgan fingerprint density at radius 2 is 1.83 bits per heavy atom. The van der Waals surface area contributed by atoms with E-state index in [4.69, 9.17) is 0 Å². The first-order valence-corrected chi connectivity index (χ1v) is 8.49. The molecule has 1 aliphatic heterocycles. The van der Waals surface area contributed by atoms with Crippen LogP contribution in [0.3, 0.4) is 0 Å². The zero-order valence-electron chi connectivity index (χ0n) is 13.5. The number of anilines is 1. The number of aromatic amines is 1. The number of hydrogen-bond donors (Lipinski definition) is 3. The summed E-state index contributed by atoms with van der Waals surface area (Å²) in [4.78, 5) is 15.7. The second kappa shape index (κ2) is 6.49. The lowest BCUT2D eigenvalue weighted by molar-refractivity contribution is 0.102. The molecule has 24 heavy (non-hydrogen) atoms. The normalized spacial score (nSPS) is 15.5. The SMILES string of the molecule is O=C(Nc1ccc2[nH]cc(C3CCNCC3)c2c1)c1ccccc1. The number of H-pyrrole nitrogens is 1. The molecule has 3 N–H and O–H groups in total. The molecule has 3 aromatic rings. The average molecular weight is 319 g/mol. The van der Waals surface area contributed by atoms with Crippen LogP contribution >= 0.6 is 0 Å². The van der Waals surface area contributed by atoms with Crippen LogP contribution in [0.25, 0.3) is 10.9 Å². The Morgan fingerprint density at radius 1 is 1.04 bits per heavy atom. The number of aromatic nitrogens is 1. The lowest BCUT2D eigenvalue weighted by Gasteiger charge is -2.22. The van der Waals surface area contributed by atoms with Crippen LogP contribution in [0, 0.1) is 0 Å². The van der Waals surface area contributed by atoms with Crippen molar-refractivity contribution in [3.63, 3.8) is 0 Å². The highest BCUT2D eigenvalue weighted by atomic mass is 16.1. The van der Waals surface area contributed by atoms with E-state index in [2.05, 4.69) is 27.9 Å². The second-order valence-electron chi connectivity index (χ2n) is 6.35. The van der Waals surface area contributed by atoms with E-state index in [1.807, 2.05) is 42.5 Å². The summed E-state index contributed by atoms with van der Waals surface area (Å²) in [6, 6.07) is 15.4. The van der Waals surface area contributed by atoms with Crippen molar-refractivity contribution in [3.8, 4) is 0 Å². The van der Waals surface area contributed by atoms with Crippen molar-refractivity contribution in [1.82, 2.24) is 10.3 Å². The molecule has 0 bridgehead atoms. The summed E-state index contributed by atoms with van der Waals surface area (Å²) in [7, 11) is 0. The number of nitrogens with one attached hydrogen (secondary N) is 3. The van der Waals surface area contributed by atoms with Crippen LogP contribution in [0.15, 0.2) is 54.7 Å². The zero-order valence-corrected chi connectivity index (χ0v) is 13.5. The quantitative estimate of drug-likeness (QED) is 0.686. The number of amides is 1. The van der Waals surface area contributed by atoms with Gasteiger partial charge in [0.25, 0.3) is 5.91 Å². The minimum absolute atomic E-state index is 0.0751. The van der Waals surface area contributed by atoms with Crippen LogP contribution in [0.5, 0.6) is 0 Å². The van der Waals surface area contributed by atoms with Gasteiger partial charge in [-0.3, -0.25) is 4.79 Å². The third-order valence-corrected chi connectivity index (χ3v) is 4.79. The third-order valence-electron chi connectivity index (χ3n) is 4.79. The Morgan fingerprint density at radius 3 is 2.62 bits per heavy atom. The van der Waals surface area contributed by atoms with Crippen molar-refractivity contribution in [2.45, 2.75) is 18.8 Å². The maximum Gasteiger partial charge on any atom is 0.255 e. The number of benzene rings is 2. The summed E-state index contributed by atoms with van der Waals surface area (Å²) >= 11 is 0. The fourth-order valence-corrected chi connectivity index (χ4v) is 3.48. The van der Waals surface area contributed by atoms with E-state index in [-0.39, 0.29) is 5.91 Å². The molecule has 0 atom stereocenters. The van der Waals surface area contributed by atoms with Gasteiger partial charge in [0.05, 0.1) is 0 Å². The smallest absolute Gasteiger partial charge is 0.255 e. The number of carbonyl (C=O) groups is 1. The fourth-order valence-electron chi connectivity index (χ4n) is 3.48. The third kappa shape index (κ3) is 2.93. The molecule has 4 rings (SSSR count). The van der Waals surface area contributed by atoms with E-state index < -0.39 is 0 Å². The topological polar surface area (TPSA) is 56.9 Å².